The third-order valence-corrected chi connectivity index (χ3v) is 3.89. The van der Waals surface area contributed by atoms with E-state index >= 15 is 0 Å². The molecule has 0 unspecified atom stereocenters. The first-order valence-electron chi connectivity index (χ1n) is 5.07. The highest BCUT2D eigenvalue weighted by atomic mass is 32.1. The topological polar surface area (TPSA) is 23.5 Å². The number of β-amino-alcohol motifs (C(OH)–C–C–N with tert-alkyl or cyclic N) is 1. The van der Waals surface area contributed by atoms with E-state index in [0.29, 0.717) is 5.92 Å². The minimum Gasteiger partial charge on any atom is -0.387 e. The van der Waals surface area contributed by atoms with Crippen LogP contribution in [0.3, 0.4) is 0 Å². The Morgan fingerprint density at radius 1 is 1.57 bits per heavy atom. The highest BCUT2D eigenvalue weighted by Gasteiger charge is 2.43. The van der Waals surface area contributed by atoms with Gasteiger partial charge < -0.3 is 5.11 Å². The van der Waals surface area contributed by atoms with E-state index in [0.717, 1.165) is 19.6 Å². The van der Waals surface area contributed by atoms with Crippen molar-refractivity contribution in [2.24, 2.45) is 5.92 Å². The van der Waals surface area contributed by atoms with Gasteiger partial charge in [-0.15, -0.1) is 11.3 Å². The van der Waals surface area contributed by atoms with E-state index in [1.165, 1.54) is 4.88 Å². The first kappa shape index (κ1) is 10.1. The lowest BCUT2D eigenvalue weighted by atomic mass is 9.83. The summed E-state index contributed by atoms with van der Waals surface area (Å²) in [6, 6.07) is 4.23. The highest BCUT2D eigenvalue weighted by molar-refractivity contribution is 7.09. The Balaban J connectivity index is 1.84. The number of aliphatic hydroxyl groups is 1. The molecule has 0 amide bonds. The lowest BCUT2D eigenvalue weighted by Gasteiger charge is -2.49. The zero-order valence-corrected chi connectivity index (χ0v) is 9.55. The Bertz CT molecular complexity index is 288. The van der Waals surface area contributed by atoms with Crippen LogP contribution in [0.15, 0.2) is 17.5 Å². The van der Waals surface area contributed by atoms with Crippen molar-refractivity contribution < 1.29 is 5.11 Å². The molecule has 2 nitrogen and oxygen atoms in total. The number of nitrogens with zero attached hydrogens (tertiary/aromatic N) is 1. The molecule has 1 aliphatic rings. The van der Waals surface area contributed by atoms with Crippen LogP contribution in [0.25, 0.3) is 0 Å². The minimum absolute atomic E-state index is 0.363. The van der Waals surface area contributed by atoms with Crippen LogP contribution in [0.1, 0.15) is 18.7 Å². The van der Waals surface area contributed by atoms with Crippen LogP contribution >= 0.6 is 11.3 Å². The minimum atomic E-state index is -0.433. The second kappa shape index (κ2) is 3.65. The number of likely N-dealkylation sites (tertiary alicyclic amines) is 1. The summed E-state index contributed by atoms with van der Waals surface area (Å²) in [4.78, 5) is 3.68. The molecular formula is C11H17NOS. The third kappa shape index (κ3) is 1.85. The molecule has 1 fully saturated rings. The molecule has 14 heavy (non-hydrogen) atoms. The molecule has 0 aliphatic carbocycles. The maximum atomic E-state index is 10.0. The smallest absolute Gasteiger partial charge is 0.0923 e. The van der Waals surface area contributed by atoms with Gasteiger partial charge in [0.1, 0.15) is 0 Å². The molecule has 0 radical (unpaired) electrons. The number of thiophene rings is 1. The summed E-state index contributed by atoms with van der Waals surface area (Å²) in [6.45, 7) is 6.81. The van der Waals surface area contributed by atoms with Crippen molar-refractivity contribution in [3.63, 3.8) is 0 Å². The second-order valence-corrected chi connectivity index (χ2v) is 5.52. The van der Waals surface area contributed by atoms with Gasteiger partial charge in [0.05, 0.1) is 5.60 Å². The van der Waals surface area contributed by atoms with Crippen LogP contribution in [0.5, 0.6) is 0 Å². The average Bonchev–Trinajstić information content (AvgIpc) is 2.53. The summed E-state index contributed by atoms with van der Waals surface area (Å²) in [5.74, 6) is 0.363. The van der Waals surface area contributed by atoms with Crippen LogP contribution in [0, 0.1) is 5.92 Å². The molecule has 0 saturated carbocycles. The third-order valence-electron chi connectivity index (χ3n) is 3.03. The van der Waals surface area contributed by atoms with Crippen LogP contribution in [0.4, 0.5) is 0 Å². The molecule has 1 aliphatic heterocycles. The van der Waals surface area contributed by atoms with Crippen molar-refractivity contribution in [3.8, 4) is 0 Å². The molecule has 78 valence electrons. The van der Waals surface area contributed by atoms with Gasteiger partial charge in [-0.3, -0.25) is 4.90 Å². The van der Waals surface area contributed by atoms with E-state index in [1.54, 1.807) is 11.3 Å². The fraction of sp³-hybridized carbons (Fsp3) is 0.636. The predicted molar refractivity (Wildman–Crippen MR) is 59.4 cm³/mol. The fourth-order valence-electron chi connectivity index (χ4n) is 1.83. The summed E-state index contributed by atoms with van der Waals surface area (Å²) in [6.07, 6.45) is 0. The molecule has 2 heterocycles. The van der Waals surface area contributed by atoms with E-state index in [-0.39, 0.29) is 0 Å². The molecule has 0 aromatic carbocycles. The molecule has 3 heteroatoms. The van der Waals surface area contributed by atoms with Crippen LogP contribution in [0.2, 0.25) is 0 Å². The van der Waals surface area contributed by atoms with Gasteiger partial charge in [0, 0.05) is 24.5 Å². The van der Waals surface area contributed by atoms with Gasteiger partial charge in [0.25, 0.3) is 0 Å². The van der Waals surface area contributed by atoms with Crippen molar-refractivity contribution in [1.29, 1.82) is 0 Å². The molecule has 1 aromatic heterocycles. The Kier molecular flexibility index (Phi) is 2.64. The summed E-state index contributed by atoms with van der Waals surface area (Å²) in [5, 5.41) is 12.1. The van der Waals surface area contributed by atoms with E-state index < -0.39 is 5.60 Å². The maximum Gasteiger partial charge on any atom is 0.0923 e. The quantitative estimate of drug-likeness (QED) is 0.826. The summed E-state index contributed by atoms with van der Waals surface area (Å²) in [5.41, 5.74) is -0.433. The lowest BCUT2D eigenvalue weighted by molar-refractivity contribution is -0.130. The predicted octanol–water partition coefficient (Wildman–Crippen LogP) is 1.95. The molecule has 0 bridgehead atoms. The normalized spacial score (nSPS) is 21.1. The van der Waals surface area contributed by atoms with Crippen LogP contribution in [-0.4, -0.2) is 28.7 Å². The Labute approximate surface area is 89.2 Å². The molecular weight excluding hydrogens is 194 g/mol. The highest BCUT2D eigenvalue weighted by Crippen LogP contribution is 2.30. The van der Waals surface area contributed by atoms with Gasteiger partial charge in [-0.25, -0.2) is 0 Å². The SMILES string of the molecule is CC(C)C1(O)CN(Cc2cccs2)C1. The van der Waals surface area contributed by atoms with Crippen molar-refractivity contribution in [3.05, 3.63) is 22.4 Å². The van der Waals surface area contributed by atoms with Crippen molar-refractivity contribution in [2.45, 2.75) is 26.0 Å². The molecule has 2 rings (SSSR count). The molecule has 0 atom stereocenters. The summed E-state index contributed by atoms with van der Waals surface area (Å²) >= 11 is 1.79. The average molecular weight is 211 g/mol. The van der Waals surface area contributed by atoms with Crippen molar-refractivity contribution in [2.75, 3.05) is 13.1 Å². The fourth-order valence-corrected chi connectivity index (χ4v) is 2.57. The van der Waals surface area contributed by atoms with E-state index in [4.69, 9.17) is 0 Å². The molecule has 1 N–H and O–H groups in total. The number of hydrogen-bond donors (Lipinski definition) is 1. The Morgan fingerprint density at radius 2 is 2.29 bits per heavy atom. The van der Waals surface area contributed by atoms with Crippen LogP contribution < -0.4 is 0 Å². The van der Waals surface area contributed by atoms with Crippen molar-refractivity contribution >= 4 is 11.3 Å². The lowest BCUT2D eigenvalue weighted by Crippen LogP contribution is -2.63. The zero-order valence-electron chi connectivity index (χ0n) is 8.73. The van der Waals surface area contributed by atoms with Gasteiger partial charge in [-0.1, -0.05) is 19.9 Å². The zero-order chi connectivity index (χ0) is 10.2. The van der Waals surface area contributed by atoms with Crippen molar-refractivity contribution in [1.82, 2.24) is 4.90 Å². The van der Waals surface area contributed by atoms with Gasteiger partial charge in [0.15, 0.2) is 0 Å². The van der Waals surface area contributed by atoms with E-state index in [1.807, 2.05) is 0 Å². The molecule has 1 aromatic rings. The second-order valence-electron chi connectivity index (χ2n) is 4.48. The number of hydrogen-bond acceptors (Lipinski definition) is 3. The first-order chi connectivity index (χ1) is 6.60. The maximum absolute atomic E-state index is 10.0. The standard InChI is InChI=1S/C11H17NOS/c1-9(2)11(13)7-12(8-11)6-10-4-3-5-14-10/h3-5,9,13H,6-8H2,1-2H3. The Morgan fingerprint density at radius 3 is 2.79 bits per heavy atom. The molecule has 1 saturated heterocycles. The van der Waals surface area contributed by atoms with Gasteiger partial charge in [0.2, 0.25) is 0 Å². The van der Waals surface area contributed by atoms with Crippen LogP contribution in [-0.2, 0) is 6.54 Å². The van der Waals surface area contributed by atoms with Gasteiger partial charge in [-0.05, 0) is 17.4 Å². The van der Waals surface area contributed by atoms with E-state index in [2.05, 4.69) is 36.3 Å². The number of rotatable bonds is 3. The summed E-state index contributed by atoms with van der Waals surface area (Å²) in [7, 11) is 0. The molecule has 0 spiro atoms. The Hall–Kier alpha value is -0.380. The monoisotopic (exact) mass is 211 g/mol. The van der Waals surface area contributed by atoms with E-state index in [9.17, 15) is 5.11 Å². The van der Waals surface area contributed by atoms with Gasteiger partial charge >= 0.3 is 0 Å². The first-order valence-corrected chi connectivity index (χ1v) is 5.95. The largest absolute Gasteiger partial charge is 0.387 e. The van der Waals surface area contributed by atoms with Gasteiger partial charge in [-0.2, -0.15) is 0 Å². The summed E-state index contributed by atoms with van der Waals surface area (Å²) < 4.78 is 0.